The van der Waals surface area contributed by atoms with Crippen LogP contribution >= 0.6 is 0 Å². The van der Waals surface area contributed by atoms with Gasteiger partial charge in [-0.1, -0.05) is 0 Å². The van der Waals surface area contributed by atoms with Gasteiger partial charge in [-0.2, -0.15) is 8.42 Å². The Labute approximate surface area is 82.7 Å². The molecule has 0 saturated carbocycles. The normalized spacial score (nSPS) is 10.6. The van der Waals surface area contributed by atoms with Crippen LogP contribution in [-0.4, -0.2) is 30.4 Å². The van der Waals surface area contributed by atoms with Crippen molar-refractivity contribution < 1.29 is 47.6 Å². The average Bonchev–Trinajstić information content (AvgIpc) is 1.63. The molecule has 0 rings (SSSR count). The molecular formula is C4H10NaO4S+. The number of aliphatic hydroxyl groups excluding tert-OH is 1. The fourth-order valence-corrected chi connectivity index (χ4v) is 0.965. The Hall–Kier alpha value is 0.870. The van der Waals surface area contributed by atoms with Crippen LogP contribution in [0.5, 0.6) is 0 Å². The summed E-state index contributed by atoms with van der Waals surface area (Å²) < 4.78 is 28.1. The molecule has 56 valence electrons. The predicted octanol–water partition coefficient (Wildman–Crippen LogP) is -3.35. The van der Waals surface area contributed by atoms with E-state index in [4.69, 9.17) is 9.66 Å². The Morgan fingerprint density at radius 2 is 1.70 bits per heavy atom. The van der Waals surface area contributed by atoms with Gasteiger partial charge in [0, 0.05) is 6.61 Å². The Balaban J connectivity index is 0. The summed E-state index contributed by atoms with van der Waals surface area (Å²) in [5.74, 6) is -0.256. The van der Waals surface area contributed by atoms with E-state index in [1.807, 2.05) is 0 Å². The molecule has 0 aliphatic rings. The Morgan fingerprint density at radius 3 is 2.00 bits per heavy atom. The maximum Gasteiger partial charge on any atom is 1.00 e. The van der Waals surface area contributed by atoms with Gasteiger partial charge in [-0.05, 0) is 12.8 Å². The second-order valence-electron chi connectivity index (χ2n) is 1.72. The van der Waals surface area contributed by atoms with Gasteiger partial charge in [-0.3, -0.25) is 4.55 Å². The molecule has 0 spiro atoms. The van der Waals surface area contributed by atoms with E-state index >= 15 is 0 Å². The van der Waals surface area contributed by atoms with Crippen molar-refractivity contribution in [3.8, 4) is 0 Å². The predicted molar refractivity (Wildman–Crippen MR) is 32.7 cm³/mol. The van der Waals surface area contributed by atoms with Crippen molar-refractivity contribution >= 4 is 10.1 Å². The van der Waals surface area contributed by atoms with E-state index in [1.165, 1.54) is 0 Å². The summed E-state index contributed by atoms with van der Waals surface area (Å²) in [5, 5.41) is 8.19. The van der Waals surface area contributed by atoms with Crippen molar-refractivity contribution in [1.82, 2.24) is 0 Å². The van der Waals surface area contributed by atoms with Crippen molar-refractivity contribution in [3.63, 3.8) is 0 Å². The van der Waals surface area contributed by atoms with Gasteiger partial charge < -0.3 is 5.11 Å². The molecule has 4 nitrogen and oxygen atoms in total. The molecule has 0 saturated heterocycles. The molecule has 0 aromatic rings. The zero-order chi connectivity index (χ0) is 7.33. The molecule has 0 aromatic carbocycles. The smallest absolute Gasteiger partial charge is 0.396 e. The topological polar surface area (TPSA) is 74.6 Å². The van der Waals surface area contributed by atoms with Crippen LogP contribution in [0.3, 0.4) is 0 Å². The van der Waals surface area contributed by atoms with E-state index in [-0.39, 0.29) is 41.9 Å². The zero-order valence-corrected chi connectivity index (χ0v) is 8.76. The van der Waals surface area contributed by atoms with Crippen LogP contribution in [0.2, 0.25) is 0 Å². The SMILES string of the molecule is O=S(=O)(O)CCCCO.[Na+]. The summed E-state index contributed by atoms with van der Waals surface area (Å²) in [6, 6.07) is 0. The van der Waals surface area contributed by atoms with E-state index in [1.54, 1.807) is 0 Å². The molecule has 2 N–H and O–H groups in total. The van der Waals surface area contributed by atoms with Gasteiger partial charge in [0.1, 0.15) is 0 Å². The third-order valence-corrected chi connectivity index (χ3v) is 1.61. The molecule has 0 amide bonds. The Morgan fingerprint density at radius 1 is 1.20 bits per heavy atom. The fraction of sp³-hybridized carbons (Fsp3) is 1.00. The number of aliphatic hydroxyl groups is 1. The summed E-state index contributed by atoms with van der Waals surface area (Å²) in [4.78, 5) is 0. The first-order valence-electron chi connectivity index (χ1n) is 2.62. The summed E-state index contributed by atoms with van der Waals surface area (Å²) in [7, 11) is -3.81. The number of rotatable bonds is 4. The van der Waals surface area contributed by atoms with Gasteiger partial charge in [-0.15, -0.1) is 0 Å². The van der Waals surface area contributed by atoms with Crippen LogP contribution in [-0.2, 0) is 10.1 Å². The monoisotopic (exact) mass is 177 g/mol. The van der Waals surface area contributed by atoms with E-state index in [0.717, 1.165) is 0 Å². The zero-order valence-electron chi connectivity index (χ0n) is 5.95. The average molecular weight is 177 g/mol. The maximum atomic E-state index is 9.98. The molecule has 6 heteroatoms. The number of unbranched alkanes of at least 4 members (excludes halogenated alkanes) is 1. The van der Waals surface area contributed by atoms with Gasteiger partial charge in [0.05, 0.1) is 5.75 Å². The summed E-state index contributed by atoms with van der Waals surface area (Å²) in [5.41, 5.74) is 0. The Bertz CT molecular complexity index is 153. The molecule has 0 atom stereocenters. The maximum absolute atomic E-state index is 9.98. The van der Waals surface area contributed by atoms with Crippen LogP contribution < -0.4 is 29.6 Å². The van der Waals surface area contributed by atoms with E-state index in [0.29, 0.717) is 12.8 Å². The first kappa shape index (κ1) is 13.5. The molecule has 0 aliphatic heterocycles. The van der Waals surface area contributed by atoms with Crippen LogP contribution in [0, 0.1) is 0 Å². The minimum Gasteiger partial charge on any atom is -0.396 e. The van der Waals surface area contributed by atoms with Crippen molar-refractivity contribution in [2.75, 3.05) is 12.4 Å². The summed E-state index contributed by atoms with van der Waals surface area (Å²) in [6.07, 6.45) is 0.731. The second kappa shape index (κ2) is 6.57. The minimum atomic E-state index is -3.81. The summed E-state index contributed by atoms with van der Waals surface area (Å²) in [6.45, 7) is -0.0322. The molecule has 0 unspecified atom stereocenters. The molecule has 0 radical (unpaired) electrons. The summed E-state index contributed by atoms with van der Waals surface area (Å²) >= 11 is 0. The standard InChI is InChI=1S/C4H10O4S.Na/c5-3-1-2-4-9(6,7)8;/h5H,1-4H2,(H,6,7,8);/q;+1. The van der Waals surface area contributed by atoms with E-state index in [2.05, 4.69) is 0 Å². The van der Waals surface area contributed by atoms with Crippen molar-refractivity contribution in [1.29, 1.82) is 0 Å². The van der Waals surface area contributed by atoms with E-state index < -0.39 is 10.1 Å². The third-order valence-electron chi connectivity index (χ3n) is 0.810. The van der Waals surface area contributed by atoms with Gasteiger partial charge in [0.2, 0.25) is 0 Å². The van der Waals surface area contributed by atoms with Crippen LogP contribution in [0.1, 0.15) is 12.8 Å². The van der Waals surface area contributed by atoms with Gasteiger partial charge in [0.25, 0.3) is 10.1 Å². The quantitative estimate of drug-likeness (QED) is 0.267. The van der Waals surface area contributed by atoms with Crippen LogP contribution in [0.15, 0.2) is 0 Å². The molecular weight excluding hydrogens is 167 g/mol. The minimum absolute atomic E-state index is 0. The van der Waals surface area contributed by atoms with Crippen LogP contribution in [0.4, 0.5) is 0 Å². The molecule has 0 aliphatic carbocycles. The largest absolute Gasteiger partial charge is 1.00 e. The fourth-order valence-electron chi connectivity index (χ4n) is 0.396. The van der Waals surface area contributed by atoms with Crippen molar-refractivity contribution in [3.05, 3.63) is 0 Å². The van der Waals surface area contributed by atoms with Gasteiger partial charge in [0.15, 0.2) is 0 Å². The molecule has 10 heavy (non-hydrogen) atoms. The second-order valence-corrected chi connectivity index (χ2v) is 3.29. The number of hydrogen-bond acceptors (Lipinski definition) is 3. The van der Waals surface area contributed by atoms with Crippen molar-refractivity contribution in [2.24, 2.45) is 0 Å². The van der Waals surface area contributed by atoms with E-state index in [9.17, 15) is 8.42 Å². The molecule has 0 heterocycles. The molecule has 0 bridgehead atoms. The van der Waals surface area contributed by atoms with Gasteiger partial charge in [-0.25, -0.2) is 0 Å². The first-order chi connectivity index (χ1) is 4.06. The first-order valence-corrected chi connectivity index (χ1v) is 4.23. The third kappa shape index (κ3) is 11.6. The van der Waals surface area contributed by atoms with Crippen LogP contribution in [0.25, 0.3) is 0 Å². The molecule has 0 aromatic heterocycles. The van der Waals surface area contributed by atoms with Crippen molar-refractivity contribution in [2.45, 2.75) is 12.8 Å². The van der Waals surface area contributed by atoms with Gasteiger partial charge >= 0.3 is 29.6 Å². The number of hydrogen-bond donors (Lipinski definition) is 2. The Kier molecular flexibility index (Phi) is 8.85. The molecule has 0 fully saturated rings.